The molecular weight excluding hydrogens is 328 g/mol. The molecule has 4 rings (SSSR count). The number of benzene rings is 1. The molecule has 24 heavy (non-hydrogen) atoms. The third kappa shape index (κ3) is 2.24. The summed E-state index contributed by atoms with van der Waals surface area (Å²) in [6.07, 6.45) is 4.80. The standard InChI is InChI=1S/C16H12N4O3S/c21-16(15-18-10-11-4-1-2-9-20(11)15)19-24(22,23)14-6-3-5-13-12(14)7-8-17-13/h1-10,17H,(H,19,21). The van der Waals surface area contributed by atoms with E-state index in [1.54, 1.807) is 42.7 Å². The highest BCUT2D eigenvalue weighted by Gasteiger charge is 2.23. The number of fused-ring (bicyclic) bond motifs is 2. The number of H-pyrrole nitrogens is 1. The van der Waals surface area contributed by atoms with E-state index in [4.69, 9.17) is 0 Å². The molecule has 0 bridgehead atoms. The predicted octanol–water partition coefficient (Wildman–Crippen LogP) is 1.93. The number of sulfonamides is 1. The summed E-state index contributed by atoms with van der Waals surface area (Å²) >= 11 is 0. The van der Waals surface area contributed by atoms with Crippen LogP contribution in [0.2, 0.25) is 0 Å². The molecule has 7 nitrogen and oxygen atoms in total. The van der Waals surface area contributed by atoms with Gasteiger partial charge < -0.3 is 4.98 Å². The first-order valence-electron chi connectivity index (χ1n) is 7.11. The molecule has 0 radical (unpaired) electrons. The Bertz CT molecular complexity index is 1170. The van der Waals surface area contributed by atoms with Gasteiger partial charge in [-0.15, -0.1) is 0 Å². The fraction of sp³-hybridized carbons (Fsp3) is 0. The van der Waals surface area contributed by atoms with Gasteiger partial charge in [0.15, 0.2) is 0 Å². The van der Waals surface area contributed by atoms with Crippen molar-refractivity contribution in [2.45, 2.75) is 4.90 Å². The molecule has 8 heteroatoms. The Labute approximate surface area is 137 Å². The number of carbonyl (C=O) groups is 1. The zero-order valence-electron chi connectivity index (χ0n) is 12.3. The van der Waals surface area contributed by atoms with Crippen LogP contribution in [0.5, 0.6) is 0 Å². The minimum atomic E-state index is -4.02. The van der Waals surface area contributed by atoms with Crippen LogP contribution in [0.25, 0.3) is 16.4 Å². The molecule has 0 saturated carbocycles. The largest absolute Gasteiger partial charge is 0.361 e. The van der Waals surface area contributed by atoms with E-state index in [0.29, 0.717) is 16.4 Å². The number of hydrogen-bond donors (Lipinski definition) is 2. The molecular formula is C16H12N4O3S. The molecule has 120 valence electrons. The molecule has 2 N–H and O–H groups in total. The van der Waals surface area contributed by atoms with Crippen molar-refractivity contribution in [2.75, 3.05) is 0 Å². The minimum absolute atomic E-state index is 0.00965. The maximum atomic E-state index is 12.6. The lowest BCUT2D eigenvalue weighted by molar-refractivity contribution is 0.0971. The van der Waals surface area contributed by atoms with Crippen LogP contribution in [-0.4, -0.2) is 28.7 Å². The van der Waals surface area contributed by atoms with Gasteiger partial charge in [-0.05, 0) is 30.3 Å². The van der Waals surface area contributed by atoms with Gasteiger partial charge in [0.2, 0.25) is 5.82 Å². The number of nitrogens with one attached hydrogen (secondary N) is 2. The maximum absolute atomic E-state index is 12.6. The van der Waals surface area contributed by atoms with E-state index in [9.17, 15) is 13.2 Å². The van der Waals surface area contributed by atoms with Crippen LogP contribution in [0.3, 0.4) is 0 Å². The van der Waals surface area contributed by atoms with Crippen molar-refractivity contribution in [3.63, 3.8) is 0 Å². The average molecular weight is 340 g/mol. The highest BCUT2D eigenvalue weighted by Crippen LogP contribution is 2.22. The van der Waals surface area contributed by atoms with E-state index in [1.165, 1.54) is 16.7 Å². The summed E-state index contributed by atoms with van der Waals surface area (Å²) in [5.41, 5.74) is 1.38. The van der Waals surface area contributed by atoms with Crippen LogP contribution in [-0.2, 0) is 10.0 Å². The van der Waals surface area contributed by atoms with E-state index >= 15 is 0 Å². The molecule has 3 aromatic heterocycles. The van der Waals surface area contributed by atoms with Crippen LogP contribution < -0.4 is 4.72 Å². The van der Waals surface area contributed by atoms with Crippen LogP contribution >= 0.6 is 0 Å². The smallest absolute Gasteiger partial charge is 0.301 e. The van der Waals surface area contributed by atoms with Crippen molar-refractivity contribution >= 4 is 32.4 Å². The molecule has 3 heterocycles. The Morgan fingerprint density at radius 2 is 2.00 bits per heavy atom. The Balaban J connectivity index is 1.74. The molecule has 1 amide bonds. The van der Waals surface area contributed by atoms with Gasteiger partial charge in [0.05, 0.1) is 16.6 Å². The molecule has 0 saturated heterocycles. The lowest BCUT2D eigenvalue weighted by Crippen LogP contribution is -2.32. The van der Waals surface area contributed by atoms with Gasteiger partial charge in [-0.25, -0.2) is 18.1 Å². The first-order chi connectivity index (χ1) is 11.6. The molecule has 1 aromatic carbocycles. The normalized spacial score (nSPS) is 11.8. The summed E-state index contributed by atoms with van der Waals surface area (Å²) in [5, 5.41) is 0.519. The topological polar surface area (TPSA) is 96.3 Å². The highest BCUT2D eigenvalue weighted by atomic mass is 32.2. The lowest BCUT2D eigenvalue weighted by atomic mass is 10.2. The number of hydrogen-bond acceptors (Lipinski definition) is 4. The molecule has 0 atom stereocenters. The quantitative estimate of drug-likeness (QED) is 0.595. The van der Waals surface area contributed by atoms with E-state index in [-0.39, 0.29) is 10.7 Å². The Kier molecular flexibility index (Phi) is 3.14. The number of aromatic amines is 1. The van der Waals surface area contributed by atoms with E-state index < -0.39 is 15.9 Å². The fourth-order valence-corrected chi connectivity index (χ4v) is 3.80. The SMILES string of the molecule is O=C(NS(=O)(=O)c1cccc2[nH]ccc12)c1ncc2ccccn12. The molecule has 0 aliphatic rings. The Morgan fingerprint density at radius 1 is 1.12 bits per heavy atom. The highest BCUT2D eigenvalue weighted by molar-refractivity contribution is 7.90. The van der Waals surface area contributed by atoms with E-state index in [2.05, 4.69) is 14.7 Å². The fourth-order valence-electron chi connectivity index (χ4n) is 2.63. The molecule has 0 unspecified atom stereocenters. The number of amides is 1. The minimum Gasteiger partial charge on any atom is -0.361 e. The van der Waals surface area contributed by atoms with Crippen LogP contribution in [0.4, 0.5) is 0 Å². The molecule has 0 spiro atoms. The summed E-state index contributed by atoms with van der Waals surface area (Å²) < 4.78 is 28.8. The van der Waals surface area contributed by atoms with Crippen molar-refractivity contribution < 1.29 is 13.2 Å². The van der Waals surface area contributed by atoms with Crippen molar-refractivity contribution in [2.24, 2.45) is 0 Å². The number of pyridine rings is 1. The number of carbonyl (C=O) groups excluding carboxylic acids is 1. The van der Waals surface area contributed by atoms with Crippen molar-refractivity contribution in [1.82, 2.24) is 19.1 Å². The van der Waals surface area contributed by atoms with Gasteiger partial charge in [-0.3, -0.25) is 9.20 Å². The third-order valence-electron chi connectivity index (χ3n) is 3.71. The lowest BCUT2D eigenvalue weighted by Gasteiger charge is -2.07. The van der Waals surface area contributed by atoms with Gasteiger partial charge >= 0.3 is 5.91 Å². The number of rotatable bonds is 3. The number of nitrogens with zero attached hydrogens (tertiary/aromatic N) is 2. The summed E-state index contributed by atoms with van der Waals surface area (Å²) in [6, 6.07) is 11.8. The molecule has 4 aromatic rings. The summed E-state index contributed by atoms with van der Waals surface area (Å²) in [6.45, 7) is 0. The van der Waals surface area contributed by atoms with Gasteiger partial charge in [0.25, 0.3) is 10.0 Å². The van der Waals surface area contributed by atoms with Gasteiger partial charge in [-0.1, -0.05) is 12.1 Å². The van der Waals surface area contributed by atoms with Crippen molar-refractivity contribution in [1.29, 1.82) is 0 Å². The van der Waals surface area contributed by atoms with Gasteiger partial charge in [-0.2, -0.15) is 0 Å². The first kappa shape index (κ1) is 14.5. The zero-order valence-corrected chi connectivity index (χ0v) is 13.1. The van der Waals surface area contributed by atoms with Crippen LogP contribution in [0.15, 0.2) is 66.0 Å². The first-order valence-corrected chi connectivity index (χ1v) is 8.60. The Morgan fingerprint density at radius 3 is 2.88 bits per heavy atom. The monoisotopic (exact) mass is 340 g/mol. The second-order valence-corrected chi connectivity index (χ2v) is 6.86. The van der Waals surface area contributed by atoms with Crippen molar-refractivity contribution in [3.05, 3.63) is 66.9 Å². The van der Waals surface area contributed by atoms with Gasteiger partial charge in [0, 0.05) is 23.3 Å². The van der Waals surface area contributed by atoms with Crippen molar-refractivity contribution in [3.8, 4) is 0 Å². The second kappa shape index (κ2) is 5.20. The molecule has 0 aliphatic heterocycles. The van der Waals surface area contributed by atoms with Crippen LogP contribution in [0, 0.1) is 0 Å². The van der Waals surface area contributed by atoms with E-state index in [1.807, 2.05) is 6.07 Å². The third-order valence-corrected chi connectivity index (χ3v) is 5.10. The maximum Gasteiger partial charge on any atom is 0.301 e. The second-order valence-electron chi connectivity index (χ2n) is 5.21. The average Bonchev–Trinajstić information content (AvgIpc) is 3.20. The predicted molar refractivity (Wildman–Crippen MR) is 88.1 cm³/mol. The van der Waals surface area contributed by atoms with Gasteiger partial charge in [0.1, 0.15) is 0 Å². The molecule has 0 aliphatic carbocycles. The Hall–Kier alpha value is -3.13. The summed E-state index contributed by atoms with van der Waals surface area (Å²) in [7, 11) is -4.02. The summed E-state index contributed by atoms with van der Waals surface area (Å²) in [4.78, 5) is 19.4. The zero-order chi connectivity index (χ0) is 16.7. The summed E-state index contributed by atoms with van der Waals surface area (Å²) in [5.74, 6) is -0.774. The van der Waals surface area contributed by atoms with Crippen LogP contribution in [0.1, 0.15) is 10.6 Å². The number of aromatic nitrogens is 3. The van der Waals surface area contributed by atoms with E-state index in [0.717, 1.165) is 0 Å². The number of imidazole rings is 1. The molecule has 0 fully saturated rings.